The third-order valence-electron chi connectivity index (χ3n) is 6.67. The minimum absolute atomic E-state index is 0.100. The van der Waals surface area contributed by atoms with E-state index in [0.29, 0.717) is 11.5 Å². The van der Waals surface area contributed by atoms with Crippen LogP contribution in [0.2, 0.25) is 0 Å². The Morgan fingerprint density at radius 3 is 2.05 bits per heavy atom. The number of hydrogen-bond acceptors (Lipinski definition) is 1. The van der Waals surface area contributed by atoms with Crippen LogP contribution >= 0.6 is 0 Å². The molecule has 0 spiro atoms. The van der Waals surface area contributed by atoms with E-state index in [2.05, 4.69) is 19.2 Å². The molecule has 1 aromatic carbocycles. The zero-order valence-corrected chi connectivity index (χ0v) is 13.8. The van der Waals surface area contributed by atoms with E-state index in [1.165, 1.54) is 44.1 Å². The Balaban J connectivity index is 1.49. The van der Waals surface area contributed by atoms with E-state index in [4.69, 9.17) is 0 Å². The van der Waals surface area contributed by atoms with Gasteiger partial charge in [0.25, 0.3) is 5.91 Å². The quantitative estimate of drug-likeness (QED) is 0.884. The summed E-state index contributed by atoms with van der Waals surface area (Å²) in [6, 6.07) is 8.22. The first-order valence-electron chi connectivity index (χ1n) is 8.92. The molecule has 118 valence electrons. The predicted octanol–water partition coefficient (Wildman–Crippen LogP) is 4.33. The standard InChI is InChI=1S/C20H27NO/c1-13-3-5-18(6-4-13)19(22)21-14(2)20-10-15-7-16(11-20)9-17(8-15)12-20/h3-6,14-17H,7-12H2,1-2H3,(H,21,22)/t14-,15?,16?,17?,20?/m1/s1. The highest BCUT2D eigenvalue weighted by Gasteiger charge is 2.53. The number of carbonyl (C=O) groups excluding carboxylic acids is 1. The summed E-state index contributed by atoms with van der Waals surface area (Å²) >= 11 is 0. The summed E-state index contributed by atoms with van der Waals surface area (Å²) in [6.07, 6.45) is 8.39. The van der Waals surface area contributed by atoms with Gasteiger partial charge in [-0.1, -0.05) is 17.7 Å². The van der Waals surface area contributed by atoms with Crippen molar-refractivity contribution in [3.8, 4) is 0 Å². The zero-order chi connectivity index (χ0) is 15.3. The van der Waals surface area contributed by atoms with Gasteiger partial charge in [-0.3, -0.25) is 4.79 Å². The number of rotatable bonds is 3. The van der Waals surface area contributed by atoms with Crippen molar-refractivity contribution in [1.82, 2.24) is 5.32 Å². The molecule has 0 aromatic heterocycles. The molecule has 2 nitrogen and oxygen atoms in total. The molecule has 1 atom stereocenters. The lowest BCUT2D eigenvalue weighted by molar-refractivity contribution is -0.0688. The summed E-state index contributed by atoms with van der Waals surface area (Å²) < 4.78 is 0. The largest absolute Gasteiger partial charge is 0.349 e. The number of aryl methyl sites for hydroxylation is 1. The van der Waals surface area contributed by atoms with Gasteiger partial charge in [0.1, 0.15) is 0 Å². The lowest BCUT2D eigenvalue weighted by atomic mass is 9.48. The van der Waals surface area contributed by atoms with Crippen molar-refractivity contribution in [2.75, 3.05) is 0 Å². The van der Waals surface area contributed by atoms with Gasteiger partial charge in [0, 0.05) is 11.6 Å². The smallest absolute Gasteiger partial charge is 0.251 e. The molecule has 4 bridgehead atoms. The number of nitrogens with one attached hydrogen (secondary N) is 1. The first kappa shape index (κ1) is 14.3. The highest BCUT2D eigenvalue weighted by molar-refractivity contribution is 5.94. The van der Waals surface area contributed by atoms with E-state index in [9.17, 15) is 4.79 Å². The van der Waals surface area contributed by atoms with Crippen molar-refractivity contribution in [2.24, 2.45) is 23.2 Å². The second kappa shape index (κ2) is 5.11. The van der Waals surface area contributed by atoms with Crippen molar-refractivity contribution >= 4 is 5.91 Å². The maximum Gasteiger partial charge on any atom is 0.251 e. The van der Waals surface area contributed by atoms with E-state index in [0.717, 1.165) is 23.3 Å². The van der Waals surface area contributed by atoms with E-state index >= 15 is 0 Å². The molecule has 0 saturated heterocycles. The minimum atomic E-state index is 0.100. The average molecular weight is 297 g/mol. The topological polar surface area (TPSA) is 29.1 Å². The first-order chi connectivity index (χ1) is 10.5. The predicted molar refractivity (Wildman–Crippen MR) is 88.7 cm³/mol. The second-order valence-corrected chi connectivity index (χ2v) is 8.34. The van der Waals surface area contributed by atoms with Gasteiger partial charge in [-0.2, -0.15) is 0 Å². The summed E-state index contributed by atoms with van der Waals surface area (Å²) in [7, 11) is 0. The Labute approximate surface area is 133 Å². The second-order valence-electron chi connectivity index (χ2n) is 8.34. The molecule has 0 aliphatic heterocycles. The number of amides is 1. The van der Waals surface area contributed by atoms with Crippen LogP contribution in [0.15, 0.2) is 24.3 Å². The Morgan fingerprint density at radius 2 is 1.55 bits per heavy atom. The van der Waals surface area contributed by atoms with E-state index in [1.54, 1.807) is 0 Å². The van der Waals surface area contributed by atoms with Crippen molar-refractivity contribution in [3.05, 3.63) is 35.4 Å². The summed E-state index contributed by atoms with van der Waals surface area (Å²) in [5.74, 6) is 2.91. The molecule has 4 fully saturated rings. The molecular weight excluding hydrogens is 270 g/mol. The summed E-state index contributed by atoms with van der Waals surface area (Å²) in [5.41, 5.74) is 2.38. The monoisotopic (exact) mass is 297 g/mol. The lowest BCUT2D eigenvalue weighted by Crippen LogP contribution is -2.55. The van der Waals surface area contributed by atoms with Crippen molar-refractivity contribution < 1.29 is 4.79 Å². The fraction of sp³-hybridized carbons (Fsp3) is 0.650. The Bertz CT molecular complexity index is 539. The SMILES string of the molecule is Cc1ccc(C(=O)N[C@H](C)C23CC4CC(CC(C4)C2)C3)cc1. The molecule has 2 heteroatoms. The lowest BCUT2D eigenvalue weighted by Gasteiger charge is -2.59. The molecule has 0 heterocycles. The molecule has 5 rings (SSSR count). The van der Waals surface area contributed by atoms with Crippen LogP contribution < -0.4 is 5.32 Å². The summed E-state index contributed by atoms with van der Waals surface area (Å²) in [4.78, 5) is 12.5. The van der Waals surface area contributed by atoms with Crippen LogP contribution in [0, 0.1) is 30.1 Å². The zero-order valence-electron chi connectivity index (χ0n) is 13.8. The average Bonchev–Trinajstić information content (AvgIpc) is 2.46. The number of hydrogen-bond donors (Lipinski definition) is 1. The van der Waals surface area contributed by atoms with Gasteiger partial charge in [-0.25, -0.2) is 0 Å². The van der Waals surface area contributed by atoms with Crippen LogP contribution in [0.4, 0.5) is 0 Å². The van der Waals surface area contributed by atoms with E-state index < -0.39 is 0 Å². The van der Waals surface area contributed by atoms with Gasteiger partial charge in [0.05, 0.1) is 0 Å². The fourth-order valence-corrected chi connectivity index (χ4v) is 5.85. The molecular formula is C20H27NO. The fourth-order valence-electron chi connectivity index (χ4n) is 5.85. The molecule has 1 amide bonds. The molecule has 4 saturated carbocycles. The Hall–Kier alpha value is -1.31. The third kappa shape index (κ3) is 2.37. The maximum absolute atomic E-state index is 12.5. The molecule has 0 unspecified atom stereocenters. The van der Waals surface area contributed by atoms with Crippen LogP contribution in [0.5, 0.6) is 0 Å². The van der Waals surface area contributed by atoms with Crippen LogP contribution in [0.25, 0.3) is 0 Å². The molecule has 4 aliphatic rings. The minimum Gasteiger partial charge on any atom is -0.349 e. The highest BCUT2D eigenvalue weighted by atomic mass is 16.1. The van der Waals surface area contributed by atoms with Crippen molar-refractivity contribution in [3.63, 3.8) is 0 Å². The van der Waals surface area contributed by atoms with Crippen molar-refractivity contribution in [1.29, 1.82) is 0 Å². The maximum atomic E-state index is 12.5. The van der Waals surface area contributed by atoms with Crippen LogP contribution in [-0.2, 0) is 0 Å². The van der Waals surface area contributed by atoms with Crippen LogP contribution in [0.1, 0.15) is 61.4 Å². The number of carbonyl (C=O) groups is 1. The number of benzene rings is 1. The van der Waals surface area contributed by atoms with Gasteiger partial charge in [-0.15, -0.1) is 0 Å². The Kier molecular flexibility index (Phi) is 3.32. The molecule has 0 radical (unpaired) electrons. The van der Waals surface area contributed by atoms with Gasteiger partial charge in [-0.05, 0) is 87.7 Å². The molecule has 22 heavy (non-hydrogen) atoms. The van der Waals surface area contributed by atoms with E-state index in [1.807, 2.05) is 24.3 Å². The summed E-state index contributed by atoms with van der Waals surface area (Å²) in [6.45, 7) is 4.30. The van der Waals surface area contributed by atoms with Crippen molar-refractivity contribution in [2.45, 2.75) is 58.4 Å². The highest BCUT2D eigenvalue weighted by Crippen LogP contribution is 2.61. The van der Waals surface area contributed by atoms with Crippen LogP contribution in [0.3, 0.4) is 0 Å². The molecule has 4 aliphatic carbocycles. The first-order valence-corrected chi connectivity index (χ1v) is 8.92. The summed E-state index contributed by atoms with van der Waals surface area (Å²) in [5, 5.41) is 3.33. The third-order valence-corrected chi connectivity index (χ3v) is 6.67. The molecule has 1 aromatic rings. The van der Waals surface area contributed by atoms with Gasteiger partial charge < -0.3 is 5.32 Å². The normalized spacial score (nSPS) is 37.1. The van der Waals surface area contributed by atoms with Gasteiger partial charge >= 0.3 is 0 Å². The van der Waals surface area contributed by atoms with Crippen LogP contribution in [-0.4, -0.2) is 11.9 Å². The van der Waals surface area contributed by atoms with E-state index in [-0.39, 0.29) is 5.91 Å². The van der Waals surface area contributed by atoms with Gasteiger partial charge in [0.15, 0.2) is 0 Å². The Morgan fingerprint density at radius 1 is 1.05 bits per heavy atom. The molecule has 1 N–H and O–H groups in total. The van der Waals surface area contributed by atoms with Gasteiger partial charge in [0.2, 0.25) is 0 Å².